The molecule has 3 aliphatic rings. The molecule has 3 heterocycles. The average Bonchev–Trinajstić information content (AvgIpc) is 2.97. The van der Waals surface area contributed by atoms with E-state index in [0.717, 1.165) is 43.9 Å². The number of carbonyl (C=O) groups excluding carboxylic acids is 1. The van der Waals surface area contributed by atoms with E-state index in [-0.39, 0.29) is 18.1 Å². The van der Waals surface area contributed by atoms with E-state index >= 15 is 0 Å². The van der Waals surface area contributed by atoms with Gasteiger partial charge in [0.25, 0.3) is 5.91 Å². The molecule has 2 atom stereocenters. The van der Waals surface area contributed by atoms with E-state index in [1.165, 1.54) is 0 Å². The normalized spacial score (nSPS) is 34.0. The average molecular weight is 240 g/mol. The molecule has 0 aromatic carbocycles. The smallest absolute Gasteiger partial charge is 0.251 e. The number of fused-ring (bicyclic) bond motifs is 1. The minimum absolute atomic E-state index is 0.0360. The van der Waals surface area contributed by atoms with Crippen LogP contribution < -0.4 is 0 Å². The Bertz CT molecular complexity index is 306. The van der Waals surface area contributed by atoms with Gasteiger partial charge < -0.3 is 9.64 Å². The van der Waals surface area contributed by atoms with Crippen molar-refractivity contribution in [3.8, 4) is 0 Å². The first-order valence-electron chi connectivity index (χ1n) is 6.01. The lowest BCUT2D eigenvalue weighted by molar-refractivity contribution is -0.128. The summed E-state index contributed by atoms with van der Waals surface area (Å²) in [4.78, 5) is 16.0. The number of hydrogen-bond donors (Lipinski definition) is 0. The van der Waals surface area contributed by atoms with Crippen molar-refractivity contribution in [1.82, 2.24) is 9.80 Å². The van der Waals surface area contributed by atoms with E-state index in [9.17, 15) is 4.79 Å². The van der Waals surface area contributed by atoms with Crippen LogP contribution in [0.3, 0.4) is 0 Å². The number of carbonyl (C=O) groups is 1. The van der Waals surface area contributed by atoms with Crippen LogP contribution in [0.5, 0.6) is 0 Å². The summed E-state index contributed by atoms with van der Waals surface area (Å²) in [7, 11) is 0. The highest BCUT2D eigenvalue weighted by atomic mass is 32.1. The van der Waals surface area contributed by atoms with Crippen LogP contribution in [0.1, 0.15) is 25.7 Å². The molecular formula is C11H16N2O2S. The standard InChI is InChI=1S/C11H16N2O2S/c14-10-9-4-1-5-12(9)11(16)13(10)7-8-3-2-6-15-8/h8-9H,1-7H2/t8-,9-/m1/s1. The van der Waals surface area contributed by atoms with Gasteiger partial charge in [0.05, 0.1) is 12.6 Å². The molecule has 5 heteroatoms. The van der Waals surface area contributed by atoms with Crippen LogP contribution in [0.4, 0.5) is 0 Å². The molecule has 0 N–H and O–H groups in total. The predicted octanol–water partition coefficient (Wildman–Crippen LogP) is 0.757. The van der Waals surface area contributed by atoms with Gasteiger partial charge in [-0.1, -0.05) is 0 Å². The number of thiocarbonyl (C=S) groups is 1. The first kappa shape index (κ1) is 10.5. The van der Waals surface area contributed by atoms with E-state index in [1.807, 2.05) is 0 Å². The van der Waals surface area contributed by atoms with Crippen molar-refractivity contribution in [3.63, 3.8) is 0 Å². The Morgan fingerprint density at radius 2 is 2.25 bits per heavy atom. The van der Waals surface area contributed by atoms with Gasteiger partial charge in [-0.25, -0.2) is 0 Å². The molecule has 3 rings (SSSR count). The molecule has 4 nitrogen and oxygen atoms in total. The summed E-state index contributed by atoms with van der Waals surface area (Å²) in [6, 6.07) is 0.0360. The van der Waals surface area contributed by atoms with Gasteiger partial charge in [0.2, 0.25) is 0 Å². The molecule has 0 saturated carbocycles. The quantitative estimate of drug-likeness (QED) is 0.667. The first-order chi connectivity index (χ1) is 7.77. The zero-order chi connectivity index (χ0) is 11.1. The van der Waals surface area contributed by atoms with Crippen LogP contribution in [0, 0.1) is 0 Å². The molecule has 0 bridgehead atoms. The fourth-order valence-corrected chi connectivity index (χ4v) is 3.22. The van der Waals surface area contributed by atoms with Gasteiger partial charge in [-0.2, -0.15) is 0 Å². The number of rotatable bonds is 2. The third kappa shape index (κ3) is 1.53. The molecule has 3 fully saturated rings. The Morgan fingerprint density at radius 1 is 1.38 bits per heavy atom. The molecule has 0 unspecified atom stereocenters. The van der Waals surface area contributed by atoms with Crippen LogP contribution in [-0.4, -0.2) is 52.7 Å². The SMILES string of the molecule is O=C1[C@H]2CCCN2C(=S)N1C[C@H]1CCCO1. The number of ether oxygens (including phenoxy) is 1. The monoisotopic (exact) mass is 240 g/mol. The third-order valence-corrected chi connectivity index (χ3v) is 4.15. The van der Waals surface area contributed by atoms with Crippen LogP contribution in [0.2, 0.25) is 0 Å². The highest BCUT2D eigenvalue weighted by Crippen LogP contribution is 2.28. The summed E-state index contributed by atoms with van der Waals surface area (Å²) in [6.07, 6.45) is 4.40. The number of amides is 1. The lowest BCUT2D eigenvalue weighted by Gasteiger charge is -2.21. The largest absolute Gasteiger partial charge is 0.376 e. The van der Waals surface area contributed by atoms with Crippen LogP contribution in [0.15, 0.2) is 0 Å². The lowest BCUT2D eigenvalue weighted by Crippen LogP contribution is -2.38. The molecule has 0 aliphatic carbocycles. The van der Waals surface area contributed by atoms with Gasteiger partial charge in [0, 0.05) is 13.2 Å². The van der Waals surface area contributed by atoms with Crippen LogP contribution in [-0.2, 0) is 9.53 Å². The second kappa shape index (κ2) is 3.96. The lowest BCUT2D eigenvalue weighted by atomic mass is 10.2. The highest BCUT2D eigenvalue weighted by Gasteiger charge is 2.45. The topological polar surface area (TPSA) is 32.8 Å². The van der Waals surface area contributed by atoms with E-state index in [4.69, 9.17) is 17.0 Å². The summed E-state index contributed by atoms with van der Waals surface area (Å²) >= 11 is 5.37. The van der Waals surface area contributed by atoms with Gasteiger partial charge in [-0.3, -0.25) is 9.69 Å². The predicted molar refractivity (Wildman–Crippen MR) is 63.0 cm³/mol. The zero-order valence-electron chi connectivity index (χ0n) is 9.22. The molecule has 3 saturated heterocycles. The van der Waals surface area contributed by atoms with Crippen molar-refractivity contribution < 1.29 is 9.53 Å². The van der Waals surface area contributed by atoms with Crippen molar-refractivity contribution in [1.29, 1.82) is 0 Å². The molecule has 0 aromatic heterocycles. The molecule has 3 aliphatic heterocycles. The molecule has 0 radical (unpaired) electrons. The molecule has 88 valence electrons. The van der Waals surface area contributed by atoms with Gasteiger partial charge in [0.1, 0.15) is 6.04 Å². The minimum atomic E-state index is 0.0360. The minimum Gasteiger partial charge on any atom is -0.376 e. The summed E-state index contributed by atoms with van der Waals surface area (Å²) in [5.41, 5.74) is 0. The Hall–Kier alpha value is -0.680. The maximum atomic E-state index is 12.1. The Kier molecular flexibility index (Phi) is 2.59. The molecule has 0 spiro atoms. The number of nitrogens with zero attached hydrogens (tertiary/aromatic N) is 2. The van der Waals surface area contributed by atoms with Crippen molar-refractivity contribution in [3.05, 3.63) is 0 Å². The van der Waals surface area contributed by atoms with Crippen molar-refractivity contribution >= 4 is 23.2 Å². The third-order valence-electron chi connectivity index (χ3n) is 3.69. The second-order valence-corrected chi connectivity index (χ2v) is 5.08. The van der Waals surface area contributed by atoms with Crippen molar-refractivity contribution in [2.45, 2.75) is 37.8 Å². The highest BCUT2D eigenvalue weighted by molar-refractivity contribution is 7.80. The summed E-state index contributed by atoms with van der Waals surface area (Å²) in [5, 5.41) is 0.725. The second-order valence-electron chi connectivity index (χ2n) is 4.72. The van der Waals surface area contributed by atoms with E-state index in [1.54, 1.807) is 4.90 Å². The van der Waals surface area contributed by atoms with Gasteiger partial charge >= 0.3 is 0 Å². The van der Waals surface area contributed by atoms with E-state index < -0.39 is 0 Å². The Balaban J connectivity index is 1.71. The molecule has 16 heavy (non-hydrogen) atoms. The Morgan fingerprint density at radius 3 is 2.94 bits per heavy atom. The summed E-state index contributed by atoms with van der Waals surface area (Å²) in [6.45, 7) is 2.43. The van der Waals surface area contributed by atoms with E-state index in [2.05, 4.69) is 4.90 Å². The molecule has 1 amide bonds. The van der Waals surface area contributed by atoms with Gasteiger partial charge in [-0.15, -0.1) is 0 Å². The van der Waals surface area contributed by atoms with Crippen LogP contribution >= 0.6 is 12.2 Å². The molecular weight excluding hydrogens is 224 g/mol. The fraction of sp³-hybridized carbons (Fsp3) is 0.818. The maximum absolute atomic E-state index is 12.1. The van der Waals surface area contributed by atoms with Gasteiger partial charge in [-0.05, 0) is 37.9 Å². The summed E-state index contributed by atoms with van der Waals surface area (Å²) in [5.74, 6) is 0.193. The van der Waals surface area contributed by atoms with Gasteiger partial charge in [0.15, 0.2) is 5.11 Å². The Labute approximate surface area is 101 Å². The van der Waals surface area contributed by atoms with E-state index in [0.29, 0.717) is 6.54 Å². The van der Waals surface area contributed by atoms with Crippen molar-refractivity contribution in [2.75, 3.05) is 19.7 Å². The molecule has 0 aromatic rings. The fourth-order valence-electron chi connectivity index (χ4n) is 2.84. The van der Waals surface area contributed by atoms with Crippen molar-refractivity contribution in [2.24, 2.45) is 0 Å². The zero-order valence-corrected chi connectivity index (χ0v) is 10.0. The maximum Gasteiger partial charge on any atom is 0.251 e. The summed E-state index contributed by atoms with van der Waals surface area (Å²) < 4.78 is 5.56. The number of hydrogen-bond acceptors (Lipinski definition) is 3. The van der Waals surface area contributed by atoms with Crippen LogP contribution in [0.25, 0.3) is 0 Å². The first-order valence-corrected chi connectivity index (χ1v) is 6.42.